The Bertz CT molecular complexity index is 476. The van der Waals surface area contributed by atoms with Gasteiger partial charge in [0.05, 0.1) is 0 Å². The molecular formula is C17H24N2O. The van der Waals surface area contributed by atoms with Crippen molar-refractivity contribution in [2.45, 2.75) is 51.5 Å². The highest BCUT2D eigenvalue weighted by Crippen LogP contribution is 2.31. The first-order valence-electron chi connectivity index (χ1n) is 7.90. The molecule has 1 aromatic rings. The third-order valence-corrected chi connectivity index (χ3v) is 4.58. The first-order chi connectivity index (χ1) is 9.72. The van der Waals surface area contributed by atoms with E-state index in [0.29, 0.717) is 6.04 Å². The number of amides is 1. The zero-order chi connectivity index (χ0) is 13.9. The summed E-state index contributed by atoms with van der Waals surface area (Å²) in [5.74, 6) is 1.22. The van der Waals surface area contributed by atoms with Crippen LogP contribution in [-0.2, 0) is 4.79 Å². The van der Waals surface area contributed by atoms with E-state index in [1.165, 1.54) is 25.7 Å². The van der Waals surface area contributed by atoms with E-state index in [9.17, 15) is 4.79 Å². The summed E-state index contributed by atoms with van der Waals surface area (Å²) in [6.07, 6.45) is 7.51. The number of rotatable bonds is 5. The average Bonchev–Trinajstić information content (AvgIpc) is 3.14. The van der Waals surface area contributed by atoms with E-state index >= 15 is 0 Å². The van der Waals surface area contributed by atoms with Crippen LogP contribution in [0.5, 0.6) is 0 Å². The molecule has 1 amide bonds. The van der Waals surface area contributed by atoms with Crippen LogP contribution >= 0.6 is 0 Å². The van der Waals surface area contributed by atoms with Gasteiger partial charge in [0.2, 0.25) is 5.91 Å². The van der Waals surface area contributed by atoms with E-state index in [1.54, 1.807) is 0 Å². The Morgan fingerprint density at radius 1 is 1.15 bits per heavy atom. The van der Waals surface area contributed by atoms with Gasteiger partial charge >= 0.3 is 0 Å². The maximum Gasteiger partial charge on any atom is 0.227 e. The standard InChI is InChI=1S/C17H24N2O/c1-12(13-5-2-3-6-13)18-15-7-4-8-16(11-15)19-17(20)14-9-10-14/h4,7-8,11-14,18H,2-3,5-6,9-10H2,1H3,(H,19,20). The van der Waals surface area contributed by atoms with E-state index in [4.69, 9.17) is 0 Å². The molecule has 0 bridgehead atoms. The molecule has 1 unspecified atom stereocenters. The van der Waals surface area contributed by atoms with Gasteiger partial charge in [-0.1, -0.05) is 18.9 Å². The molecule has 2 saturated carbocycles. The number of hydrogen-bond acceptors (Lipinski definition) is 2. The molecule has 108 valence electrons. The highest BCUT2D eigenvalue weighted by Gasteiger charge is 2.29. The van der Waals surface area contributed by atoms with Crippen molar-refractivity contribution in [3.63, 3.8) is 0 Å². The van der Waals surface area contributed by atoms with Crippen LogP contribution in [0.15, 0.2) is 24.3 Å². The predicted octanol–water partition coefficient (Wildman–Crippen LogP) is 4.03. The molecule has 3 rings (SSSR count). The minimum atomic E-state index is 0.172. The Balaban J connectivity index is 1.59. The van der Waals surface area contributed by atoms with Gasteiger partial charge in [0, 0.05) is 23.3 Å². The summed E-state index contributed by atoms with van der Waals surface area (Å²) in [7, 11) is 0. The summed E-state index contributed by atoms with van der Waals surface area (Å²) < 4.78 is 0. The lowest BCUT2D eigenvalue weighted by Gasteiger charge is -2.22. The fourth-order valence-corrected chi connectivity index (χ4v) is 3.11. The fraction of sp³-hybridized carbons (Fsp3) is 0.588. The number of nitrogens with one attached hydrogen (secondary N) is 2. The lowest BCUT2D eigenvalue weighted by Crippen LogP contribution is -2.23. The van der Waals surface area contributed by atoms with Gasteiger partial charge in [-0.2, -0.15) is 0 Å². The van der Waals surface area contributed by atoms with Crippen molar-refractivity contribution < 1.29 is 4.79 Å². The van der Waals surface area contributed by atoms with Crippen LogP contribution in [0.2, 0.25) is 0 Å². The van der Waals surface area contributed by atoms with Crippen LogP contribution in [-0.4, -0.2) is 11.9 Å². The van der Waals surface area contributed by atoms with Gasteiger partial charge in [0.25, 0.3) is 0 Å². The second-order valence-corrected chi connectivity index (χ2v) is 6.32. The molecule has 2 N–H and O–H groups in total. The van der Waals surface area contributed by atoms with E-state index in [1.807, 2.05) is 18.2 Å². The second-order valence-electron chi connectivity index (χ2n) is 6.32. The number of anilines is 2. The van der Waals surface area contributed by atoms with Crippen molar-refractivity contribution in [2.24, 2.45) is 11.8 Å². The maximum atomic E-state index is 11.8. The van der Waals surface area contributed by atoms with Gasteiger partial charge in [-0.05, 0) is 56.7 Å². The minimum Gasteiger partial charge on any atom is -0.382 e. The number of carbonyl (C=O) groups excluding carboxylic acids is 1. The lowest BCUT2D eigenvalue weighted by molar-refractivity contribution is -0.117. The van der Waals surface area contributed by atoms with Crippen LogP contribution in [0.1, 0.15) is 45.4 Å². The molecule has 1 atom stereocenters. The molecule has 1 aromatic carbocycles. The molecule has 0 spiro atoms. The van der Waals surface area contributed by atoms with E-state index in [0.717, 1.165) is 30.1 Å². The highest BCUT2D eigenvalue weighted by atomic mass is 16.2. The van der Waals surface area contributed by atoms with Crippen LogP contribution in [0.3, 0.4) is 0 Å². The van der Waals surface area contributed by atoms with Crippen molar-refractivity contribution in [1.82, 2.24) is 0 Å². The summed E-state index contributed by atoms with van der Waals surface area (Å²) in [4.78, 5) is 11.8. The molecule has 0 aromatic heterocycles. The van der Waals surface area contributed by atoms with Gasteiger partial charge in [-0.25, -0.2) is 0 Å². The molecule has 2 aliphatic carbocycles. The Morgan fingerprint density at radius 3 is 2.55 bits per heavy atom. The summed E-state index contributed by atoms with van der Waals surface area (Å²) in [6, 6.07) is 8.61. The van der Waals surface area contributed by atoms with Crippen LogP contribution in [0.4, 0.5) is 11.4 Å². The molecule has 20 heavy (non-hydrogen) atoms. The third-order valence-electron chi connectivity index (χ3n) is 4.58. The number of benzene rings is 1. The van der Waals surface area contributed by atoms with E-state index < -0.39 is 0 Å². The van der Waals surface area contributed by atoms with E-state index in [-0.39, 0.29) is 11.8 Å². The van der Waals surface area contributed by atoms with Gasteiger partial charge < -0.3 is 10.6 Å². The van der Waals surface area contributed by atoms with Gasteiger partial charge in [-0.15, -0.1) is 0 Å². The Hall–Kier alpha value is -1.51. The summed E-state index contributed by atoms with van der Waals surface area (Å²) >= 11 is 0. The van der Waals surface area contributed by atoms with Gasteiger partial charge in [0.1, 0.15) is 0 Å². The Morgan fingerprint density at radius 2 is 1.85 bits per heavy atom. The smallest absolute Gasteiger partial charge is 0.227 e. The quantitative estimate of drug-likeness (QED) is 0.849. The van der Waals surface area contributed by atoms with Crippen LogP contribution < -0.4 is 10.6 Å². The molecule has 0 saturated heterocycles. The molecule has 0 heterocycles. The van der Waals surface area contributed by atoms with E-state index in [2.05, 4.69) is 23.6 Å². The number of carbonyl (C=O) groups is 1. The molecule has 0 radical (unpaired) electrons. The topological polar surface area (TPSA) is 41.1 Å². The SMILES string of the molecule is CC(Nc1cccc(NC(=O)C2CC2)c1)C1CCCC1. The van der Waals surface area contributed by atoms with Crippen molar-refractivity contribution in [3.8, 4) is 0 Å². The van der Waals surface area contributed by atoms with Crippen LogP contribution in [0.25, 0.3) is 0 Å². The summed E-state index contributed by atoms with van der Waals surface area (Å²) in [5.41, 5.74) is 2.02. The first-order valence-corrected chi connectivity index (χ1v) is 7.90. The molecule has 3 heteroatoms. The Labute approximate surface area is 121 Å². The third kappa shape index (κ3) is 3.33. The molecule has 2 fully saturated rings. The zero-order valence-electron chi connectivity index (χ0n) is 12.2. The van der Waals surface area contributed by atoms with Gasteiger partial charge in [-0.3, -0.25) is 4.79 Å². The van der Waals surface area contributed by atoms with Crippen molar-refractivity contribution in [2.75, 3.05) is 10.6 Å². The minimum absolute atomic E-state index is 0.172. The number of hydrogen-bond donors (Lipinski definition) is 2. The van der Waals surface area contributed by atoms with Crippen molar-refractivity contribution >= 4 is 17.3 Å². The first kappa shape index (κ1) is 13.5. The fourth-order valence-electron chi connectivity index (χ4n) is 3.11. The largest absolute Gasteiger partial charge is 0.382 e. The zero-order valence-corrected chi connectivity index (χ0v) is 12.2. The van der Waals surface area contributed by atoms with Crippen molar-refractivity contribution in [3.05, 3.63) is 24.3 Å². The second kappa shape index (κ2) is 5.86. The molecule has 0 aliphatic heterocycles. The van der Waals surface area contributed by atoms with Gasteiger partial charge in [0.15, 0.2) is 0 Å². The summed E-state index contributed by atoms with van der Waals surface area (Å²) in [5, 5.41) is 6.60. The molecular weight excluding hydrogens is 248 g/mol. The maximum absolute atomic E-state index is 11.8. The monoisotopic (exact) mass is 272 g/mol. The normalized spacial score (nSPS) is 20.6. The lowest BCUT2D eigenvalue weighted by atomic mass is 9.99. The molecule has 2 aliphatic rings. The summed E-state index contributed by atoms with van der Waals surface area (Å²) in [6.45, 7) is 2.27. The average molecular weight is 272 g/mol. The molecule has 3 nitrogen and oxygen atoms in total. The van der Waals surface area contributed by atoms with Crippen molar-refractivity contribution in [1.29, 1.82) is 0 Å². The highest BCUT2D eigenvalue weighted by molar-refractivity contribution is 5.94. The Kier molecular flexibility index (Phi) is 3.95. The predicted molar refractivity (Wildman–Crippen MR) is 82.8 cm³/mol. The van der Waals surface area contributed by atoms with Crippen LogP contribution in [0, 0.1) is 11.8 Å².